The number of hydrogen-bond donors (Lipinski definition) is 1. The molecule has 3 heterocycles. The van der Waals surface area contributed by atoms with Gasteiger partial charge < -0.3 is 19.5 Å². The smallest absolute Gasteiger partial charge is 0.341 e. The predicted molar refractivity (Wildman–Crippen MR) is 146 cm³/mol. The molecule has 9 nitrogen and oxygen atoms in total. The van der Waals surface area contributed by atoms with Crippen LogP contribution in [-0.2, 0) is 6.54 Å². The highest BCUT2D eigenvalue weighted by Gasteiger charge is 2.23. The second-order valence-corrected chi connectivity index (χ2v) is 9.44. The van der Waals surface area contributed by atoms with Gasteiger partial charge in [-0.3, -0.25) is 4.79 Å². The van der Waals surface area contributed by atoms with E-state index in [1.165, 1.54) is 18.6 Å². The van der Waals surface area contributed by atoms with Crippen molar-refractivity contribution >= 4 is 28.2 Å². The standard InChI is InChI=1S/C29H25FN6O3/c30-25-14-23-26(15-27(25)34-11-9-33(10-12-34)21-6-2-1-3-7-21)36(17-24(28(23)37)29(38)39)22-8-4-5-20(13-22)16-35-19-31-18-32-35/h1-8,13-15,17-19H,9-12,16H2,(H,38,39). The maximum Gasteiger partial charge on any atom is 0.341 e. The predicted octanol–water partition coefficient (Wildman–Crippen LogP) is 3.79. The molecule has 0 unspecified atom stereocenters. The van der Waals surface area contributed by atoms with Crippen LogP contribution in [0.2, 0.25) is 0 Å². The van der Waals surface area contributed by atoms with Crippen molar-refractivity contribution in [1.82, 2.24) is 19.3 Å². The molecule has 3 aromatic carbocycles. The van der Waals surface area contributed by atoms with E-state index in [1.807, 2.05) is 47.4 Å². The van der Waals surface area contributed by atoms with Crippen LogP contribution in [0.15, 0.2) is 90.4 Å². The molecule has 39 heavy (non-hydrogen) atoms. The third-order valence-corrected chi connectivity index (χ3v) is 7.04. The summed E-state index contributed by atoms with van der Waals surface area (Å²) in [5, 5.41) is 13.9. The maximum absolute atomic E-state index is 15.5. The van der Waals surface area contributed by atoms with Crippen molar-refractivity contribution < 1.29 is 14.3 Å². The third kappa shape index (κ3) is 4.72. The molecule has 1 aliphatic rings. The van der Waals surface area contributed by atoms with E-state index in [2.05, 4.69) is 27.1 Å². The molecule has 6 rings (SSSR count). The van der Waals surface area contributed by atoms with Gasteiger partial charge in [0, 0.05) is 49.1 Å². The number of benzene rings is 3. The lowest BCUT2D eigenvalue weighted by atomic mass is 10.1. The maximum atomic E-state index is 15.5. The molecule has 196 valence electrons. The molecule has 2 aromatic heterocycles. The summed E-state index contributed by atoms with van der Waals surface area (Å²) in [6, 6.07) is 20.4. The van der Waals surface area contributed by atoms with Gasteiger partial charge in [-0.1, -0.05) is 30.3 Å². The number of carboxylic acids is 1. The van der Waals surface area contributed by atoms with Crippen molar-refractivity contribution in [2.24, 2.45) is 0 Å². The normalized spacial score (nSPS) is 13.7. The second kappa shape index (κ2) is 10.1. The number of rotatable bonds is 6. The Balaban J connectivity index is 1.41. The van der Waals surface area contributed by atoms with E-state index in [-0.39, 0.29) is 5.39 Å². The summed E-state index contributed by atoms with van der Waals surface area (Å²) in [6.07, 6.45) is 4.38. The van der Waals surface area contributed by atoms with Gasteiger partial charge in [0.05, 0.1) is 17.7 Å². The van der Waals surface area contributed by atoms with Crippen molar-refractivity contribution in [3.05, 3.63) is 113 Å². The summed E-state index contributed by atoms with van der Waals surface area (Å²) in [7, 11) is 0. The second-order valence-electron chi connectivity index (χ2n) is 9.44. The summed E-state index contributed by atoms with van der Waals surface area (Å²) < 4.78 is 18.8. The Hall–Kier alpha value is -4.99. The summed E-state index contributed by atoms with van der Waals surface area (Å²) in [5.74, 6) is -1.92. The van der Waals surface area contributed by atoms with Crippen LogP contribution >= 0.6 is 0 Å². The first-order chi connectivity index (χ1) is 19.0. The van der Waals surface area contributed by atoms with Crippen molar-refractivity contribution in [3.63, 3.8) is 0 Å². The third-order valence-electron chi connectivity index (χ3n) is 7.04. The average Bonchev–Trinajstić information content (AvgIpc) is 3.47. The van der Waals surface area contributed by atoms with E-state index in [0.717, 1.165) is 24.3 Å². The van der Waals surface area contributed by atoms with Gasteiger partial charge in [-0.05, 0) is 42.0 Å². The number of anilines is 2. The van der Waals surface area contributed by atoms with Crippen LogP contribution in [0.5, 0.6) is 0 Å². The number of carbonyl (C=O) groups is 1. The SMILES string of the molecule is O=C(O)c1cn(-c2cccc(Cn3cncn3)c2)c2cc(N3CCN(c4ccccc4)CC3)c(F)cc2c1=O. The highest BCUT2D eigenvalue weighted by atomic mass is 19.1. The Kier molecular flexibility index (Phi) is 6.28. The van der Waals surface area contributed by atoms with Crippen LogP contribution in [0.25, 0.3) is 16.6 Å². The Morgan fingerprint density at radius 1 is 0.923 bits per heavy atom. The van der Waals surface area contributed by atoms with Gasteiger partial charge in [0.2, 0.25) is 5.43 Å². The van der Waals surface area contributed by atoms with Gasteiger partial charge in [0.25, 0.3) is 0 Å². The number of piperazine rings is 1. The van der Waals surface area contributed by atoms with E-state index >= 15 is 4.39 Å². The fourth-order valence-corrected chi connectivity index (χ4v) is 5.09. The van der Waals surface area contributed by atoms with E-state index in [4.69, 9.17) is 0 Å². The molecule has 0 radical (unpaired) electrons. The van der Waals surface area contributed by atoms with Crippen molar-refractivity contribution in [1.29, 1.82) is 0 Å². The molecule has 10 heteroatoms. The molecule has 0 atom stereocenters. The fraction of sp³-hybridized carbons (Fsp3) is 0.172. The van der Waals surface area contributed by atoms with Gasteiger partial charge in [0.1, 0.15) is 24.0 Å². The quantitative estimate of drug-likeness (QED) is 0.361. The van der Waals surface area contributed by atoms with Crippen molar-refractivity contribution in [2.45, 2.75) is 6.54 Å². The zero-order valence-electron chi connectivity index (χ0n) is 20.9. The Labute approximate surface area is 223 Å². The highest BCUT2D eigenvalue weighted by molar-refractivity contribution is 5.94. The Bertz CT molecular complexity index is 1710. The van der Waals surface area contributed by atoms with E-state index in [0.29, 0.717) is 36.5 Å². The minimum absolute atomic E-state index is 0.0146. The van der Waals surface area contributed by atoms with Crippen LogP contribution in [0.4, 0.5) is 15.8 Å². The first-order valence-electron chi connectivity index (χ1n) is 12.6. The molecular formula is C29H25FN6O3. The fourth-order valence-electron chi connectivity index (χ4n) is 5.09. The van der Waals surface area contributed by atoms with Gasteiger partial charge >= 0.3 is 5.97 Å². The molecule has 0 bridgehead atoms. The van der Waals surface area contributed by atoms with Gasteiger partial charge in [-0.2, -0.15) is 5.10 Å². The zero-order chi connectivity index (χ0) is 26.9. The lowest BCUT2D eigenvalue weighted by Crippen LogP contribution is -2.46. The molecular weight excluding hydrogens is 499 g/mol. The Morgan fingerprint density at radius 3 is 2.38 bits per heavy atom. The molecule has 0 spiro atoms. The number of nitrogens with zero attached hydrogens (tertiary/aromatic N) is 6. The number of hydrogen-bond acceptors (Lipinski definition) is 6. The van der Waals surface area contributed by atoms with Crippen LogP contribution in [0.1, 0.15) is 15.9 Å². The van der Waals surface area contributed by atoms with Crippen LogP contribution in [-0.4, -0.2) is 56.6 Å². The monoisotopic (exact) mass is 524 g/mol. The van der Waals surface area contributed by atoms with E-state index < -0.39 is 22.8 Å². The topological polar surface area (TPSA) is 96.5 Å². The highest BCUT2D eigenvalue weighted by Crippen LogP contribution is 2.29. The number of fused-ring (bicyclic) bond motifs is 1. The van der Waals surface area contributed by atoms with Crippen LogP contribution in [0.3, 0.4) is 0 Å². The van der Waals surface area contributed by atoms with E-state index in [9.17, 15) is 14.7 Å². The summed E-state index contributed by atoms with van der Waals surface area (Å²) >= 11 is 0. The molecule has 5 aromatic rings. The van der Waals surface area contributed by atoms with E-state index in [1.54, 1.807) is 21.6 Å². The number of aromatic nitrogens is 4. The van der Waals surface area contributed by atoms with Gasteiger partial charge in [-0.15, -0.1) is 0 Å². The molecule has 0 saturated carbocycles. The number of halogens is 1. The molecule has 1 N–H and O–H groups in total. The minimum atomic E-state index is -1.36. The van der Waals surface area contributed by atoms with Crippen molar-refractivity contribution in [3.8, 4) is 5.69 Å². The lowest BCUT2D eigenvalue weighted by molar-refractivity contribution is 0.0695. The van der Waals surface area contributed by atoms with Gasteiger partial charge in [0.15, 0.2) is 0 Å². The number of pyridine rings is 1. The molecule has 0 amide bonds. The average molecular weight is 525 g/mol. The summed E-state index contributed by atoms with van der Waals surface area (Å²) in [4.78, 5) is 33.2. The van der Waals surface area contributed by atoms with Gasteiger partial charge in [-0.25, -0.2) is 18.9 Å². The summed E-state index contributed by atoms with van der Waals surface area (Å²) in [5.41, 5.74) is 2.35. The largest absolute Gasteiger partial charge is 0.477 e. The van der Waals surface area contributed by atoms with Crippen LogP contribution < -0.4 is 15.2 Å². The molecule has 0 aliphatic carbocycles. The molecule has 1 saturated heterocycles. The minimum Gasteiger partial charge on any atom is -0.477 e. The molecule has 1 fully saturated rings. The molecule has 1 aliphatic heterocycles. The van der Waals surface area contributed by atoms with Crippen molar-refractivity contribution in [2.75, 3.05) is 36.0 Å². The Morgan fingerprint density at radius 2 is 1.67 bits per heavy atom. The number of para-hydroxylation sites is 1. The first kappa shape index (κ1) is 24.4. The number of carboxylic acid groups (broad SMARTS) is 1. The number of aromatic carboxylic acids is 1. The zero-order valence-corrected chi connectivity index (χ0v) is 20.9. The van der Waals surface area contributed by atoms with Crippen LogP contribution in [0, 0.1) is 5.82 Å². The summed E-state index contributed by atoms with van der Waals surface area (Å²) in [6.45, 7) is 3.10. The first-order valence-corrected chi connectivity index (χ1v) is 12.6. The lowest BCUT2D eigenvalue weighted by Gasteiger charge is -2.37.